The predicted molar refractivity (Wildman–Crippen MR) is 63.3 cm³/mol. The molecule has 0 aliphatic carbocycles. The van der Waals surface area contributed by atoms with Crippen molar-refractivity contribution >= 4 is 5.82 Å². The second kappa shape index (κ2) is 5.90. The zero-order chi connectivity index (χ0) is 12.1. The Bertz CT molecular complexity index is 366. The summed E-state index contributed by atoms with van der Waals surface area (Å²) in [6, 6.07) is 1.79. The standard InChI is InChI=1S/C11H18N4O2/c1-16-7-9-5-10(15-12)14-11(13-9)8-3-2-4-17-6-8/h5,8H,2-4,6-7,12H2,1H3,(H,13,14,15). The number of hydrogen-bond donors (Lipinski definition) is 2. The third-order valence-corrected chi connectivity index (χ3v) is 2.76. The van der Waals surface area contributed by atoms with Gasteiger partial charge in [0.1, 0.15) is 11.6 Å². The van der Waals surface area contributed by atoms with E-state index in [0.717, 1.165) is 31.0 Å². The lowest BCUT2D eigenvalue weighted by atomic mass is 10.0. The maximum absolute atomic E-state index is 5.45. The van der Waals surface area contributed by atoms with E-state index in [9.17, 15) is 0 Å². The van der Waals surface area contributed by atoms with Gasteiger partial charge in [-0.3, -0.25) is 0 Å². The molecule has 1 atom stereocenters. The van der Waals surface area contributed by atoms with E-state index in [-0.39, 0.29) is 5.92 Å². The summed E-state index contributed by atoms with van der Waals surface area (Å²) in [5.41, 5.74) is 3.39. The van der Waals surface area contributed by atoms with E-state index < -0.39 is 0 Å². The van der Waals surface area contributed by atoms with Crippen LogP contribution >= 0.6 is 0 Å². The number of rotatable bonds is 4. The van der Waals surface area contributed by atoms with Crippen molar-refractivity contribution in [1.82, 2.24) is 9.97 Å². The van der Waals surface area contributed by atoms with Crippen LogP contribution in [0.15, 0.2) is 6.07 Å². The zero-order valence-corrected chi connectivity index (χ0v) is 9.98. The Morgan fingerprint density at radius 3 is 3.12 bits per heavy atom. The van der Waals surface area contributed by atoms with Gasteiger partial charge in [0.15, 0.2) is 0 Å². The van der Waals surface area contributed by atoms with E-state index in [2.05, 4.69) is 15.4 Å². The highest BCUT2D eigenvalue weighted by Gasteiger charge is 2.19. The molecule has 6 heteroatoms. The van der Waals surface area contributed by atoms with E-state index in [1.54, 1.807) is 13.2 Å². The van der Waals surface area contributed by atoms with Crippen molar-refractivity contribution in [3.8, 4) is 0 Å². The van der Waals surface area contributed by atoms with E-state index in [1.165, 1.54) is 0 Å². The summed E-state index contributed by atoms with van der Waals surface area (Å²) in [6.45, 7) is 1.97. The first-order valence-corrected chi connectivity index (χ1v) is 5.74. The Balaban J connectivity index is 2.21. The lowest BCUT2D eigenvalue weighted by molar-refractivity contribution is 0.0778. The fourth-order valence-electron chi connectivity index (χ4n) is 1.94. The third kappa shape index (κ3) is 3.12. The Morgan fingerprint density at radius 2 is 2.47 bits per heavy atom. The van der Waals surface area contributed by atoms with Gasteiger partial charge in [-0.25, -0.2) is 15.8 Å². The van der Waals surface area contributed by atoms with Crippen LogP contribution in [-0.2, 0) is 16.1 Å². The van der Waals surface area contributed by atoms with Crippen LogP contribution in [0, 0.1) is 0 Å². The first-order valence-electron chi connectivity index (χ1n) is 5.74. The van der Waals surface area contributed by atoms with Crippen molar-refractivity contribution in [2.75, 3.05) is 25.7 Å². The average Bonchev–Trinajstić information content (AvgIpc) is 2.40. The van der Waals surface area contributed by atoms with Crippen LogP contribution in [0.5, 0.6) is 0 Å². The summed E-state index contributed by atoms with van der Waals surface area (Å²) in [4.78, 5) is 8.86. The zero-order valence-electron chi connectivity index (χ0n) is 9.98. The number of methoxy groups -OCH3 is 1. The normalized spacial score (nSPS) is 20.2. The fraction of sp³-hybridized carbons (Fsp3) is 0.636. The van der Waals surface area contributed by atoms with Crippen LogP contribution in [0.4, 0.5) is 5.82 Å². The molecule has 0 bridgehead atoms. The van der Waals surface area contributed by atoms with Crippen molar-refractivity contribution in [3.05, 3.63) is 17.6 Å². The SMILES string of the molecule is COCc1cc(NN)nc(C2CCCOC2)n1. The highest BCUT2D eigenvalue weighted by molar-refractivity contribution is 5.34. The monoisotopic (exact) mass is 238 g/mol. The Kier molecular flexibility index (Phi) is 4.24. The molecule has 1 unspecified atom stereocenters. The molecule has 3 N–H and O–H groups in total. The summed E-state index contributed by atoms with van der Waals surface area (Å²) in [5, 5.41) is 0. The second-order valence-corrected chi connectivity index (χ2v) is 4.09. The van der Waals surface area contributed by atoms with Gasteiger partial charge < -0.3 is 14.9 Å². The minimum Gasteiger partial charge on any atom is -0.381 e. The van der Waals surface area contributed by atoms with Gasteiger partial charge in [0.2, 0.25) is 0 Å². The first-order chi connectivity index (χ1) is 8.33. The first kappa shape index (κ1) is 12.2. The smallest absolute Gasteiger partial charge is 0.144 e. The van der Waals surface area contributed by atoms with Gasteiger partial charge in [0.25, 0.3) is 0 Å². The molecule has 1 aromatic heterocycles. The molecule has 1 fully saturated rings. The van der Waals surface area contributed by atoms with Crippen LogP contribution in [0.2, 0.25) is 0 Å². The lowest BCUT2D eigenvalue weighted by Gasteiger charge is -2.21. The Morgan fingerprint density at radius 1 is 1.59 bits per heavy atom. The molecule has 17 heavy (non-hydrogen) atoms. The molecule has 0 saturated carbocycles. The van der Waals surface area contributed by atoms with Crippen molar-refractivity contribution in [1.29, 1.82) is 0 Å². The minimum absolute atomic E-state index is 0.257. The predicted octanol–water partition coefficient (Wildman–Crippen LogP) is 0.803. The Labute approximate surface area is 101 Å². The molecule has 1 aliphatic heterocycles. The summed E-state index contributed by atoms with van der Waals surface area (Å²) in [7, 11) is 1.64. The van der Waals surface area contributed by atoms with Crippen molar-refractivity contribution < 1.29 is 9.47 Å². The van der Waals surface area contributed by atoms with Gasteiger partial charge in [-0.15, -0.1) is 0 Å². The number of aromatic nitrogens is 2. The molecule has 1 aliphatic rings. The highest BCUT2D eigenvalue weighted by Crippen LogP contribution is 2.23. The number of nitrogens with zero attached hydrogens (tertiary/aromatic N) is 2. The molecule has 0 amide bonds. The molecule has 1 saturated heterocycles. The molecule has 2 heterocycles. The van der Waals surface area contributed by atoms with E-state index in [4.69, 9.17) is 15.3 Å². The molecular formula is C11H18N4O2. The Hall–Kier alpha value is -1.24. The summed E-state index contributed by atoms with van der Waals surface area (Å²) in [6.07, 6.45) is 2.11. The number of nitrogen functional groups attached to an aromatic ring is 1. The van der Waals surface area contributed by atoms with Crippen LogP contribution in [0.1, 0.15) is 30.3 Å². The summed E-state index contributed by atoms with van der Waals surface area (Å²) < 4.78 is 10.5. The van der Waals surface area contributed by atoms with Gasteiger partial charge in [0, 0.05) is 25.7 Å². The number of ether oxygens (including phenoxy) is 2. The fourth-order valence-corrected chi connectivity index (χ4v) is 1.94. The lowest BCUT2D eigenvalue weighted by Crippen LogP contribution is -2.20. The molecule has 0 spiro atoms. The topological polar surface area (TPSA) is 82.3 Å². The van der Waals surface area contributed by atoms with Crippen LogP contribution < -0.4 is 11.3 Å². The van der Waals surface area contributed by atoms with Gasteiger partial charge in [-0.05, 0) is 12.8 Å². The van der Waals surface area contributed by atoms with Gasteiger partial charge in [0.05, 0.1) is 18.9 Å². The van der Waals surface area contributed by atoms with Gasteiger partial charge >= 0.3 is 0 Å². The largest absolute Gasteiger partial charge is 0.381 e. The van der Waals surface area contributed by atoms with Crippen LogP contribution in [0.3, 0.4) is 0 Å². The van der Waals surface area contributed by atoms with E-state index in [0.29, 0.717) is 19.0 Å². The van der Waals surface area contributed by atoms with Gasteiger partial charge in [-0.1, -0.05) is 0 Å². The summed E-state index contributed by atoms with van der Waals surface area (Å²) >= 11 is 0. The van der Waals surface area contributed by atoms with Gasteiger partial charge in [-0.2, -0.15) is 0 Å². The molecule has 1 aromatic rings. The number of nitrogens with one attached hydrogen (secondary N) is 1. The second-order valence-electron chi connectivity index (χ2n) is 4.09. The molecule has 0 aromatic carbocycles. The minimum atomic E-state index is 0.257. The number of hydrazine groups is 1. The maximum Gasteiger partial charge on any atom is 0.144 e. The number of nitrogens with two attached hydrogens (primary N) is 1. The molecule has 94 valence electrons. The molecule has 6 nitrogen and oxygen atoms in total. The molecule has 0 radical (unpaired) electrons. The highest BCUT2D eigenvalue weighted by atomic mass is 16.5. The van der Waals surface area contributed by atoms with E-state index in [1.807, 2.05) is 0 Å². The number of anilines is 1. The maximum atomic E-state index is 5.45. The summed E-state index contributed by atoms with van der Waals surface area (Å²) in [5.74, 6) is 7.06. The quantitative estimate of drug-likeness (QED) is 0.596. The van der Waals surface area contributed by atoms with Crippen LogP contribution in [0.25, 0.3) is 0 Å². The van der Waals surface area contributed by atoms with Crippen molar-refractivity contribution in [2.24, 2.45) is 5.84 Å². The van der Waals surface area contributed by atoms with Crippen LogP contribution in [-0.4, -0.2) is 30.3 Å². The molecule has 2 rings (SSSR count). The number of hydrogen-bond acceptors (Lipinski definition) is 6. The average molecular weight is 238 g/mol. The van der Waals surface area contributed by atoms with E-state index >= 15 is 0 Å². The van der Waals surface area contributed by atoms with Crippen molar-refractivity contribution in [2.45, 2.75) is 25.4 Å². The third-order valence-electron chi connectivity index (χ3n) is 2.76. The molecular weight excluding hydrogens is 220 g/mol. The van der Waals surface area contributed by atoms with Crippen molar-refractivity contribution in [3.63, 3.8) is 0 Å².